The highest BCUT2D eigenvalue weighted by molar-refractivity contribution is 7.98. The van der Waals surface area contributed by atoms with Gasteiger partial charge in [-0.2, -0.15) is 11.8 Å². The zero-order valence-electron chi connectivity index (χ0n) is 7.77. The lowest BCUT2D eigenvalue weighted by Gasteiger charge is -1.99. The van der Waals surface area contributed by atoms with Gasteiger partial charge in [-0.1, -0.05) is 16.8 Å². The number of hydrogen-bond donors (Lipinski definition) is 0. The van der Waals surface area contributed by atoms with Crippen LogP contribution in [0.15, 0.2) is 18.2 Å². The van der Waals surface area contributed by atoms with Gasteiger partial charge in [0.25, 0.3) is 0 Å². The van der Waals surface area contributed by atoms with Crippen LogP contribution in [0, 0.1) is 0 Å². The van der Waals surface area contributed by atoms with Gasteiger partial charge in [-0.15, -0.1) is 5.10 Å². The van der Waals surface area contributed by atoms with E-state index in [1.807, 2.05) is 22.9 Å². The van der Waals surface area contributed by atoms with Crippen LogP contribution in [0.2, 0.25) is 5.02 Å². The average molecular weight is 228 g/mol. The van der Waals surface area contributed by atoms with Gasteiger partial charge >= 0.3 is 0 Å². The van der Waals surface area contributed by atoms with E-state index in [0.717, 1.165) is 28.4 Å². The second-order valence-corrected chi connectivity index (χ2v) is 4.36. The Kier molecular flexibility index (Phi) is 2.93. The molecule has 5 heteroatoms. The van der Waals surface area contributed by atoms with Crippen molar-refractivity contribution < 1.29 is 0 Å². The van der Waals surface area contributed by atoms with Crippen molar-refractivity contribution in [2.24, 2.45) is 0 Å². The number of fused-ring (bicyclic) bond motifs is 1. The van der Waals surface area contributed by atoms with E-state index in [0.29, 0.717) is 0 Å². The predicted molar refractivity (Wildman–Crippen MR) is 60.9 cm³/mol. The van der Waals surface area contributed by atoms with Crippen LogP contribution in [-0.4, -0.2) is 27.0 Å². The Labute approximate surface area is 91.4 Å². The maximum absolute atomic E-state index is 5.91. The van der Waals surface area contributed by atoms with E-state index >= 15 is 0 Å². The molecule has 1 aromatic carbocycles. The van der Waals surface area contributed by atoms with Crippen molar-refractivity contribution in [3.63, 3.8) is 0 Å². The summed E-state index contributed by atoms with van der Waals surface area (Å²) in [6, 6.07) is 5.62. The predicted octanol–water partition coefficient (Wildman–Crippen LogP) is 2.45. The van der Waals surface area contributed by atoms with Gasteiger partial charge in [0.15, 0.2) is 0 Å². The first-order chi connectivity index (χ1) is 6.81. The van der Waals surface area contributed by atoms with Crippen molar-refractivity contribution in [3.05, 3.63) is 23.2 Å². The van der Waals surface area contributed by atoms with Crippen LogP contribution in [-0.2, 0) is 6.54 Å². The molecule has 0 aliphatic rings. The maximum Gasteiger partial charge on any atom is 0.113 e. The molecule has 2 rings (SSSR count). The first-order valence-corrected chi connectivity index (χ1v) is 6.06. The molecule has 0 radical (unpaired) electrons. The molecule has 0 bridgehead atoms. The van der Waals surface area contributed by atoms with E-state index in [2.05, 4.69) is 16.6 Å². The second-order valence-electron chi connectivity index (χ2n) is 2.94. The Morgan fingerprint density at radius 2 is 2.36 bits per heavy atom. The zero-order chi connectivity index (χ0) is 9.97. The fraction of sp³-hybridized carbons (Fsp3) is 0.333. The van der Waals surface area contributed by atoms with Crippen molar-refractivity contribution in [2.45, 2.75) is 6.54 Å². The van der Waals surface area contributed by atoms with Crippen LogP contribution in [0.5, 0.6) is 0 Å². The highest BCUT2D eigenvalue weighted by atomic mass is 35.5. The Bertz CT molecular complexity index is 441. The van der Waals surface area contributed by atoms with Crippen LogP contribution in [0.25, 0.3) is 11.0 Å². The molecule has 0 atom stereocenters. The molecule has 14 heavy (non-hydrogen) atoms. The quantitative estimate of drug-likeness (QED) is 0.807. The van der Waals surface area contributed by atoms with Crippen LogP contribution in [0.1, 0.15) is 0 Å². The molecular formula is C9H10ClN3S. The van der Waals surface area contributed by atoms with Crippen molar-refractivity contribution >= 4 is 34.4 Å². The van der Waals surface area contributed by atoms with Gasteiger partial charge in [-0.25, -0.2) is 4.68 Å². The largest absolute Gasteiger partial charge is 0.244 e. The average Bonchev–Trinajstić information content (AvgIpc) is 2.57. The Balaban J connectivity index is 2.40. The fourth-order valence-corrected chi connectivity index (χ4v) is 1.80. The summed E-state index contributed by atoms with van der Waals surface area (Å²) in [5.41, 5.74) is 1.90. The smallest absolute Gasteiger partial charge is 0.113 e. The summed E-state index contributed by atoms with van der Waals surface area (Å²) in [5, 5.41) is 8.85. The third-order valence-electron chi connectivity index (χ3n) is 1.98. The summed E-state index contributed by atoms with van der Waals surface area (Å²) in [7, 11) is 0. The lowest BCUT2D eigenvalue weighted by Crippen LogP contribution is -2.02. The summed E-state index contributed by atoms with van der Waals surface area (Å²) in [6.07, 6.45) is 2.08. The topological polar surface area (TPSA) is 30.7 Å². The van der Waals surface area contributed by atoms with Gasteiger partial charge in [-0.05, 0) is 24.5 Å². The fourth-order valence-electron chi connectivity index (χ4n) is 1.28. The molecule has 0 aliphatic heterocycles. The zero-order valence-corrected chi connectivity index (χ0v) is 9.35. The molecule has 0 unspecified atom stereocenters. The lowest BCUT2D eigenvalue weighted by molar-refractivity contribution is 0.652. The third-order valence-corrected chi connectivity index (χ3v) is 2.81. The normalized spacial score (nSPS) is 11.0. The molecule has 0 saturated carbocycles. The van der Waals surface area contributed by atoms with Crippen molar-refractivity contribution in [1.29, 1.82) is 0 Å². The van der Waals surface area contributed by atoms with E-state index in [4.69, 9.17) is 11.6 Å². The Morgan fingerprint density at radius 1 is 1.50 bits per heavy atom. The number of aryl methyl sites for hydroxylation is 1. The van der Waals surface area contributed by atoms with Crippen LogP contribution < -0.4 is 0 Å². The van der Waals surface area contributed by atoms with Gasteiger partial charge in [0.2, 0.25) is 0 Å². The minimum Gasteiger partial charge on any atom is -0.244 e. The molecule has 1 heterocycles. The van der Waals surface area contributed by atoms with E-state index in [1.54, 1.807) is 11.8 Å². The molecular weight excluding hydrogens is 218 g/mol. The summed E-state index contributed by atoms with van der Waals surface area (Å²) < 4.78 is 1.89. The Hall–Kier alpha value is -0.740. The van der Waals surface area contributed by atoms with Crippen LogP contribution in [0.3, 0.4) is 0 Å². The number of nitrogens with zero attached hydrogens (tertiary/aromatic N) is 3. The highest BCUT2D eigenvalue weighted by Crippen LogP contribution is 2.17. The molecule has 74 valence electrons. The molecule has 0 N–H and O–H groups in total. The molecule has 0 amide bonds. The van der Waals surface area contributed by atoms with Gasteiger partial charge in [0.05, 0.1) is 12.1 Å². The van der Waals surface area contributed by atoms with Crippen molar-refractivity contribution in [3.8, 4) is 0 Å². The summed E-state index contributed by atoms with van der Waals surface area (Å²) in [4.78, 5) is 0. The number of hydrogen-bond acceptors (Lipinski definition) is 3. The number of benzene rings is 1. The van der Waals surface area contributed by atoms with E-state index < -0.39 is 0 Å². The highest BCUT2D eigenvalue weighted by Gasteiger charge is 2.03. The van der Waals surface area contributed by atoms with E-state index in [-0.39, 0.29) is 0 Å². The van der Waals surface area contributed by atoms with Crippen LogP contribution >= 0.6 is 23.4 Å². The number of rotatable bonds is 3. The van der Waals surface area contributed by atoms with E-state index in [1.165, 1.54) is 0 Å². The van der Waals surface area contributed by atoms with Crippen molar-refractivity contribution in [1.82, 2.24) is 15.0 Å². The maximum atomic E-state index is 5.91. The molecule has 1 aromatic heterocycles. The van der Waals surface area contributed by atoms with Crippen molar-refractivity contribution in [2.75, 3.05) is 12.0 Å². The first kappa shape index (κ1) is 9.80. The summed E-state index contributed by atoms with van der Waals surface area (Å²) in [5.74, 6) is 1.03. The number of aromatic nitrogens is 3. The molecule has 0 spiro atoms. The second kappa shape index (κ2) is 4.19. The minimum absolute atomic E-state index is 0.727. The van der Waals surface area contributed by atoms with E-state index in [9.17, 15) is 0 Å². The molecule has 0 saturated heterocycles. The number of halogens is 1. The standard InChI is InChI=1S/C9H10ClN3S/c1-14-5-4-13-9-6-7(10)2-3-8(9)11-12-13/h2-3,6H,4-5H2,1H3. The summed E-state index contributed by atoms with van der Waals surface area (Å²) >= 11 is 7.70. The minimum atomic E-state index is 0.727. The molecule has 3 nitrogen and oxygen atoms in total. The Morgan fingerprint density at radius 3 is 3.14 bits per heavy atom. The SMILES string of the molecule is CSCCn1nnc2ccc(Cl)cc21. The first-order valence-electron chi connectivity index (χ1n) is 4.29. The molecule has 2 aromatic rings. The molecule has 0 fully saturated rings. The monoisotopic (exact) mass is 227 g/mol. The summed E-state index contributed by atoms with van der Waals surface area (Å²) in [6.45, 7) is 0.873. The number of thioether (sulfide) groups is 1. The van der Waals surface area contributed by atoms with Gasteiger partial charge in [-0.3, -0.25) is 0 Å². The van der Waals surface area contributed by atoms with Crippen LogP contribution in [0.4, 0.5) is 0 Å². The van der Waals surface area contributed by atoms with Gasteiger partial charge in [0.1, 0.15) is 5.52 Å². The third kappa shape index (κ3) is 1.86. The molecule has 0 aliphatic carbocycles. The lowest BCUT2D eigenvalue weighted by atomic mass is 10.3. The van der Waals surface area contributed by atoms with Gasteiger partial charge < -0.3 is 0 Å². The van der Waals surface area contributed by atoms with Gasteiger partial charge in [0, 0.05) is 10.8 Å².